The molecule has 1 aromatic heterocycles. The molecule has 1 aromatic carbocycles. The van der Waals surface area contributed by atoms with Crippen LogP contribution in [0.25, 0.3) is 0 Å². The van der Waals surface area contributed by atoms with Crippen LogP contribution in [0.15, 0.2) is 29.2 Å². The van der Waals surface area contributed by atoms with Crippen LogP contribution >= 0.6 is 0 Å². The van der Waals surface area contributed by atoms with Crippen LogP contribution in [0.5, 0.6) is 0 Å². The van der Waals surface area contributed by atoms with Crippen LogP contribution in [0, 0.1) is 0 Å². The van der Waals surface area contributed by atoms with Gasteiger partial charge in [-0.15, -0.1) is 0 Å². The van der Waals surface area contributed by atoms with Gasteiger partial charge in [-0.05, 0) is 57.9 Å². The number of hydrogen-bond donors (Lipinski definition) is 1. The van der Waals surface area contributed by atoms with Gasteiger partial charge in [0.05, 0.1) is 27.6 Å². The lowest BCUT2D eigenvalue weighted by Gasteiger charge is -2.23. The van der Waals surface area contributed by atoms with Gasteiger partial charge in [0.25, 0.3) is 5.91 Å². The molecule has 1 atom stereocenters. The molecule has 162 valence electrons. The average Bonchev–Trinajstić information content (AvgIpc) is 3.39. The van der Waals surface area contributed by atoms with Crippen molar-refractivity contribution in [2.75, 3.05) is 18.4 Å². The molecule has 3 heterocycles. The van der Waals surface area contributed by atoms with Crippen molar-refractivity contribution in [1.82, 2.24) is 14.1 Å². The SMILES string of the molecule is CC(C)(C)n1nc2c(c1NC(=O)c1ccc(S(=O)(=O)N3CCCC3)cc1)C[S@](=O)C2. The zero-order valence-electron chi connectivity index (χ0n) is 17.3. The minimum atomic E-state index is -3.52. The standard InChI is InChI=1S/C20H26N4O4S2/c1-20(2,3)24-18(16-12-29(26)13-17(16)22-24)21-19(25)14-6-8-15(9-7-14)30(27,28)23-10-4-5-11-23/h6-9H,4-5,10-13H2,1-3H3,(H,21,25)/t29-/m0/s1. The number of amides is 1. The summed E-state index contributed by atoms with van der Waals surface area (Å²) in [5.74, 6) is 0.964. The van der Waals surface area contributed by atoms with Crippen molar-refractivity contribution in [2.45, 2.75) is 55.6 Å². The van der Waals surface area contributed by atoms with Crippen molar-refractivity contribution in [3.05, 3.63) is 41.1 Å². The number of fused-ring (bicyclic) bond motifs is 1. The van der Waals surface area contributed by atoms with Crippen molar-refractivity contribution in [3.8, 4) is 0 Å². The van der Waals surface area contributed by atoms with Gasteiger partial charge in [-0.3, -0.25) is 9.00 Å². The Hall–Kier alpha value is -2.04. The van der Waals surface area contributed by atoms with Crippen molar-refractivity contribution < 1.29 is 17.4 Å². The normalized spacial score (nSPS) is 19.8. The molecule has 0 bridgehead atoms. The maximum absolute atomic E-state index is 12.9. The lowest BCUT2D eigenvalue weighted by atomic mass is 10.1. The summed E-state index contributed by atoms with van der Waals surface area (Å²) in [6, 6.07) is 6.00. The van der Waals surface area contributed by atoms with E-state index in [1.165, 1.54) is 28.6 Å². The van der Waals surface area contributed by atoms with Crippen molar-refractivity contribution in [2.24, 2.45) is 0 Å². The van der Waals surface area contributed by atoms with E-state index in [0.29, 0.717) is 36.0 Å². The van der Waals surface area contributed by atoms with Gasteiger partial charge >= 0.3 is 0 Å². The molecule has 0 aliphatic carbocycles. The Kier molecular flexibility index (Phi) is 5.36. The van der Waals surface area contributed by atoms with E-state index in [9.17, 15) is 17.4 Å². The Balaban J connectivity index is 1.59. The molecule has 4 rings (SSSR count). The first kappa shape index (κ1) is 21.2. The predicted octanol–water partition coefficient (Wildman–Crippen LogP) is 2.44. The van der Waals surface area contributed by atoms with Crippen molar-refractivity contribution in [1.29, 1.82) is 0 Å². The molecule has 0 radical (unpaired) electrons. The number of rotatable bonds is 4. The van der Waals surface area contributed by atoms with E-state index in [-0.39, 0.29) is 16.3 Å². The zero-order valence-corrected chi connectivity index (χ0v) is 19.0. The lowest BCUT2D eigenvalue weighted by molar-refractivity contribution is 0.102. The van der Waals surface area contributed by atoms with Crippen LogP contribution in [-0.4, -0.2) is 45.7 Å². The molecule has 0 unspecified atom stereocenters. The van der Waals surface area contributed by atoms with E-state index in [0.717, 1.165) is 24.1 Å². The van der Waals surface area contributed by atoms with Gasteiger partial charge in [0.2, 0.25) is 10.0 Å². The molecular formula is C20H26N4O4S2. The number of anilines is 1. The molecule has 1 amide bonds. The first-order valence-corrected chi connectivity index (χ1v) is 12.9. The largest absolute Gasteiger partial charge is 0.306 e. The van der Waals surface area contributed by atoms with Crippen LogP contribution in [0.2, 0.25) is 0 Å². The minimum absolute atomic E-state index is 0.192. The number of aromatic nitrogens is 2. The summed E-state index contributed by atoms with van der Waals surface area (Å²) in [6.45, 7) is 7.03. The number of benzene rings is 1. The fourth-order valence-corrected chi connectivity index (χ4v) is 6.56. The molecule has 30 heavy (non-hydrogen) atoms. The fraction of sp³-hybridized carbons (Fsp3) is 0.500. The van der Waals surface area contributed by atoms with E-state index >= 15 is 0 Å². The van der Waals surface area contributed by atoms with Gasteiger partial charge in [0, 0.05) is 35.0 Å². The first-order valence-electron chi connectivity index (χ1n) is 9.95. The highest BCUT2D eigenvalue weighted by Gasteiger charge is 2.32. The fourth-order valence-electron chi connectivity index (χ4n) is 3.78. The highest BCUT2D eigenvalue weighted by Crippen LogP contribution is 2.33. The van der Waals surface area contributed by atoms with Crippen molar-refractivity contribution >= 4 is 32.5 Å². The highest BCUT2D eigenvalue weighted by atomic mass is 32.2. The van der Waals surface area contributed by atoms with Crippen LogP contribution < -0.4 is 5.32 Å². The van der Waals surface area contributed by atoms with Gasteiger partial charge in [0.1, 0.15) is 5.82 Å². The van der Waals surface area contributed by atoms with Crippen molar-refractivity contribution in [3.63, 3.8) is 0 Å². The second kappa shape index (κ2) is 7.58. The molecule has 10 heteroatoms. The Morgan fingerprint density at radius 1 is 1.10 bits per heavy atom. The average molecular weight is 451 g/mol. The molecule has 0 saturated carbocycles. The molecule has 2 aromatic rings. The second-order valence-electron chi connectivity index (χ2n) is 8.67. The van der Waals surface area contributed by atoms with Gasteiger partial charge in [0.15, 0.2) is 0 Å². The molecule has 1 fully saturated rings. The zero-order chi connectivity index (χ0) is 21.7. The summed E-state index contributed by atoms with van der Waals surface area (Å²) in [5.41, 5.74) is 1.56. The topological polar surface area (TPSA) is 101 Å². The molecule has 1 N–H and O–H groups in total. The summed E-state index contributed by atoms with van der Waals surface area (Å²) < 4.78 is 40.5. The summed E-state index contributed by atoms with van der Waals surface area (Å²) in [4.78, 5) is 13.1. The third-order valence-corrected chi connectivity index (χ3v) is 8.48. The summed E-state index contributed by atoms with van der Waals surface area (Å²) >= 11 is 0. The Morgan fingerprint density at radius 3 is 2.33 bits per heavy atom. The lowest BCUT2D eigenvalue weighted by Crippen LogP contribution is -2.28. The van der Waals surface area contributed by atoms with E-state index in [2.05, 4.69) is 10.4 Å². The van der Waals surface area contributed by atoms with Crippen LogP contribution in [0.3, 0.4) is 0 Å². The number of hydrogen-bond acceptors (Lipinski definition) is 5. The Bertz CT molecular complexity index is 1110. The number of sulfonamides is 1. The Labute approximate surface area is 179 Å². The summed E-state index contributed by atoms with van der Waals surface area (Å²) in [7, 11) is -4.52. The molecule has 2 aliphatic rings. The third kappa shape index (κ3) is 3.83. The molecular weight excluding hydrogens is 424 g/mol. The monoisotopic (exact) mass is 450 g/mol. The highest BCUT2D eigenvalue weighted by molar-refractivity contribution is 7.89. The number of carbonyl (C=O) groups is 1. The number of carbonyl (C=O) groups excluding carboxylic acids is 1. The van der Waals surface area contributed by atoms with E-state index in [1.807, 2.05) is 20.8 Å². The minimum Gasteiger partial charge on any atom is -0.306 e. The van der Waals surface area contributed by atoms with Crippen LogP contribution in [-0.2, 0) is 37.9 Å². The maximum atomic E-state index is 12.9. The van der Waals surface area contributed by atoms with E-state index in [4.69, 9.17) is 0 Å². The maximum Gasteiger partial charge on any atom is 0.256 e. The van der Waals surface area contributed by atoms with E-state index in [1.54, 1.807) is 4.68 Å². The summed E-state index contributed by atoms with van der Waals surface area (Å²) in [6.07, 6.45) is 1.74. The molecule has 8 nitrogen and oxygen atoms in total. The van der Waals surface area contributed by atoms with Gasteiger partial charge in [-0.1, -0.05) is 0 Å². The molecule has 1 saturated heterocycles. The molecule has 0 spiro atoms. The van der Waals surface area contributed by atoms with Gasteiger partial charge < -0.3 is 5.32 Å². The van der Waals surface area contributed by atoms with Gasteiger partial charge in [-0.25, -0.2) is 13.1 Å². The van der Waals surface area contributed by atoms with Gasteiger partial charge in [-0.2, -0.15) is 9.40 Å². The van der Waals surface area contributed by atoms with Crippen LogP contribution in [0.4, 0.5) is 5.82 Å². The summed E-state index contributed by atoms with van der Waals surface area (Å²) in [5, 5.41) is 7.49. The van der Waals surface area contributed by atoms with Crippen LogP contribution in [0.1, 0.15) is 55.2 Å². The first-order chi connectivity index (χ1) is 14.1. The van der Waals surface area contributed by atoms with E-state index < -0.39 is 20.8 Å². The molecule has 2 aliphatic heterocycles. The second-order valence-corrected chi connectivity index (χ2v) is 12.1. The predicted molar refractivity (Wildman–Crippen MR) is 115 cm³/mol. The Morgan fingerprint density at radius 2 is 1.73 bits per heavy atom. The quantitative estimate of drug-likeness (QED) is 0.771. The number of nitrogens with zero attached hydrogens (tertiary/aromatic N) is 3. The number of nitrogens with one attached hydrogen (secondary N) is 1. The third-order valence-electron chi connectivity index (χ3n) is 5.36. The smallest absolute Gasteiger partial charge is 0.256 e.